The summed E-state index contributed by atoms with van der Waals surface area (Å²) >= 11 is 0. The van der Waals surface area contributed by atoms with Crippen molar-refractivity contribution in [2.45, 2.75) is 31.2 Å². The second kappa shape index (κ2) is 10.2. The number of aromatic nitrogens is 4. The Kier molecular flexibility index (Phi) is 6.72. The average Bonchev–Trinajstić information content (AvgIpc) is 3.70. The molecule has 39 heavy (non-hydrogen) atoms. The van der Waals surface area contributed by atoms with Gasteiger partial charge in [0.05, 0.1) is 5.41 Å². The summed E-state index contributed by atoms with van der Waals surface area (Å²) in [6.45, 7) is 7.47. The second-order valence-corrected chi connectivity index (χ2v) is 9.80. The molecule has 1 aromatic heterocycles. The molecule has 0 saturated carbocycles. The third-order valence-corrected chi connectivity index (χ3v) is 7.49. The first-order valence-electron chi connectivity index (χ1n) is 12.6. The molecule has 11 nitrogen and oxygen atoms in total. The maximum atomic E-state index is 12.5. The van der Waals surface area contributed by atoms with Gasteiger partial charge in [-0.05, 0) is 72.4 Å². The van der Waals surface area contributed by atoms with Crippen LogP contribution < -0.4 is 16.4 Å². The minimum Gasteiger partial charge on any atom is -0.366 e. The quantitative estimate of drug-likeness (QED) is 0.330. The number of nitriles is 1. The third-order valence-electron chi connectivity index (χ3n) is 7.49. The van der Waals surface area contributed by atoms with Crippen LogP contribution in [0.3, 0.4) is 0 Å². The van der Waals surface area contributed by atoms with Gasteiger partial charge in [-0.15, -0.1) is 10.2 Å². The molecule has 1 aliphatic heterocycles. The highest BCUT2D eigenvalue weighted by molar-refractivity contribution is 5.99. The standard InChI is InChI=1S/C28H29N9O2/c1-16(32-15-17(2)37-10-4-5-20(37)14-29)13-28(27-33-35-36-34-27)23-8-6-18(25(30)38)11-21(23)22-12-19(26(39)31-3)7-9-24(22)28/h5-9,11-12,16,32H,2,4,10,13,15H2,1,3H3,(H2,30,38)(H,31,39)(H,33,34,35,36)/t16-,28?/m1/s1. The van der Waals surface area contributed by atoms with Crippen molar-refractivity contribution in [2.24, 2.45) is 5.73 Å². The predicted octanol–water partition coefficient (Wildman–Crippen LogP) is 1.97. The lowest BCUT2D eigenvalue weighted by Crippen LogP contribution is -2.40. The molecule has 0 bridgehead atoms. The van der Waals surface area contributed by atoms with Crippen LogP contribution in [0.15, 0.2) is 60.4 Å². The van der Waals surface area contributed by atoms with Gasteiger partial charge in [0.2, 0.25) is 5.91 Å². The maximum Gasteiger partial charge on any atom is 0.251 e. The van der Waals surface area contributed by atoms with Crippen molar-refractivity contribution in [2.75, 3.05) is 20.1 Å². The van der Waals surface area contributed by atoms with Gasteiger partial charge in [0.1, 0.15) is 11.8 Å². The van der Waals surface area contributed by atoms with Gasteiger partial charge < -0.3 is 21.3 Å². The molecule has 0 saturated heterocycles. The zero-order chi connectivity index (χ0) is 27.7. The molecule has 0 radical (unpaired) electrons. The van der Waals surface area contributed by atoms with Crippen molar-refractivity contribution >= 4 is 11.8 Å². The lowest BCUT2D eigenvalue weighted by Gasteiger charge is -2.32. The zero-order valence-corrected chi connectivity index (χ0v) is 21.8. The Morgan fingerprint density at radius 3 is 2.54 bits per heavy atom. The van der Waals surface area contributed by atoms with Crippen LogP contribution in [0.1, 0.15) is 57.4 Å². The highest BCUT2D eigenvalue weighted by atomic mass is 16.1. The first kappa shape index (κ1) is 25.8. The molecule has 1 aliphatic carbocycles. The topological polar surface area (TPSA) is 166 Å². The number of aromatic amines is 1. The molecular weight excluding hydrogens is 494 g/mol. The number of nitrogens with two attached hydrogens (primary N) is 1. The highest BCUT2D eigenvalue weighted by Gasteiger charge is 2.49. The van der Waals surface area contributed by atoms with Crippen LogP contribution in [0.25, 0.3) is 11.1 Å². The van der Waals surface area contributed by atoms with Gasteiger partial charge in [-0.1, -0.05) is 23.9 Å². The van der Waals surface area contributed by atoms with Crippen molar-refractivity contribution in [1.29, 1.82) is 5.26 Å². The number of fused-ring (bicyclic) bond motifs is 3. The number of carbonyl (C=O) groups excluding carboxylic acids is 2. The summed E-state index contributed by atoms with van der Waals surface area (Å²) in [5.41, 5.74) is 10.5. The van der Waals surface area contributed by atoms with Crippen LogP contribution in [0.4, 0.5) is 0 Å². The predicted molar refractivity (Wildman–Crippen MR) is 144 cm³/mol. The Morgan fingerprint density at radius 1 is 1.23 bits per heavy atom. The zero-order valence-electron chi connectivity index (χ0n) is 21.8. The number of rotatable bonds is 9. The molecule has 5 rings (SSSR count). The molecule has 2 aromatic carbocycles. The highest BCUT2D eigenvalue weighted by Crippen LogP contribution is 2.54. The van der Waals surface area contributed by atoms with E-state index in [9.17, 15) is 14.9 Å². The number of nitrogens with one attached hydrogen (secondary N) is 3. The minimum atomic E-state index is -0.825. The number of benzene rings is 2. The molecule has 11 heteroatoms. The summed E-state index contributed by atoms with van der Waals surface area (Å²) < 4.78 is 0. The number of tetrazole rings is 1. The average molecular weight is 524 g/mol. The van der Waals surface area contributed by atoms with Crippen LogP contribution in [-0.4, -0.2) is 63.5 Å². The van der Waals surface area contributed by atoms with Crippen LogP contribution in [-0.2, 0) is 5.41 Å². The van der Waals surface area contributed by atoms with Crippen molar-refractivity contribution < 1.29 is 9.59 Å². The van der Waals surface area contributed by atoms with E-state index in [0.29, 0.717) is 35.6 Å². The summed E-state index contributed by atoms with van der Waals surface area (Å²) in [5.74, 6) is -0.285. The van der Waals surface area contributed by atoms with E-state index >= 15 is 0 Å². The third kappa shape index (κ3) is 4.34. The maximum absolute atomic E-state index is 12.5. The Balaban J connectivity index is 1.56. The van der Waals surface area contributed by atoms with Gasteiger partial charge in [-0.2, -0.15) is 10.5 Å². The Morgan fingerprint density at radius 2 is 1.92 bits per heavy atom. The monoisotopic (exact) mass is 523 g/mol. The number of carbonyl (C=O) groups is 2. The molecular formula is C28H29N9O2. The van der Waals surface area contributed by atoms with Crippen molar-refractivity contribution in [3.05, 3.63) is 88.5 Å². The fourth-order valence-electron chi connectivity index (χ4n) is 5.67. The van der Waals surface area contributed by atoms with Gasteiger partial charge >= 0.3 is 0 Å². The fraction of sp³-hybridized carbons (Fsp3) is 0.286. The molecule has 198 valence electrons. The molecule has 0 fully saturated rings. The number of hydrogen-bond donors (Lipinski definition) is 4. The summed E-state index contributed by atoms with van der Waals surface area (Å²) in [7, 11) is 1.58. The second-order valence-electron chi connectivity index (χ2n) is 9.80. The van der Waals surface area contributed by atoms with E-state index < -0.39 is 11.3 Å². The van der Waals surface area contributed by atoms with Crippen LogP contribution in [0.2, 0.25) is 0 Å². The van der Waals surface area contributed by atoms with Crippen molar-refractivity contribution in [3.63, 3.8) is 0 Å². The number of amides is 2. The first-order chi connectivity index (χ1) is 18.8. The first-order valence-corrected chi connectivity index (χ1v) is 12.6. The molecule has 2 amide bonds. The molecule has 0 spiro atoms. The summed E-state index contributed by atoms with van der Waals surface area (Å²) in [5, 5.41) is 30.9. The number of primary amides is 1. The minimum absolute atomic E-state index is 0.0643. The molecule has 1 unspecified atom stereocenters. The molecule has 2 heterocycles. The molecule has 5 N–H and O–H groups in total. The van der Waals surface area contributed by atoms with Crippen LogP contribution >= 0.6 is 0 Å². The van der Waals surface area contributed by atoms with E-state index in [1.807, 2.05) is 29.2 Å². The van der Waals surface area contributed by atoms with Crippen LogP contribution in [0.5, 0.6) is 0 Å². The van der Waals surface area contributed by atoms with Crippen molar-refractivity contribution in [3.8, 4) is 17.2 Å². The number of allylic oxidation sites excluding steroid dienone is 1. The molecule has 3 aromatic rings. The normalized spacial score (nSPS) is 18.1. The van der Waals surface area contributed by atoms with Gasteiger partial charge in [-0.25, -0.2) is 0 Å². The largest absolute Gasteiger partial charge is 0.366 e. The van der Waals surface area contributed by atoms with Crippen LogP contribution in [0, 0.1) is 11.3 Å². The Bertz CT molecular complexity index is 1540. The number of H-pyrrole nitrogens is 1. The van der Waals surface area contributed by atoms with Gasteiger partial charge in [0.25, 0.3) is 5.91 Å². The summed E-state index contributed by atoms with van der Waals surface area (Å²) in [4.78, 5) is 26.5. The van der Waals surface area contributed by atoms with E-state index in [1.165, 1.54) is 0 Å². The Labute approximate surface area is 225 Å². The van der Waals surface area contributed by atoms with E-state index in [2.05, 4.69) is 50.8 Å². The summed E-state index contributed by atoms with van der Waals surface area (Å²) in [6, 6.07) is 13.0. The Hall–Kier alpha value is -4.82. The fourth-order valence-corrected chi connectivity index (χ4v) is 5.67. The molecule has 2 aliphatic rings. The number of nitrogens with zero attached hydrogens (tertiary/aromatic N) is 5. The van der Waals surface area contributed by atoms with Gasteiger partial charge in [0.15, 0.2) is 5.82 Å². The van der Waals surface area contributed by atoms with E-state index in [1.54, 1.807) is 25.2 Å². The molecule has 2 atom stereocenters. The van der Waals surface area contributed by atoms with E-state index in [0.717, 1.165) is 40.9 Å². The van der Waals surface area contributed by atoms with Gasteiger partial charge in [-0.3, -0.25) is 9.59 Å². The summed E-state index contributed by atoms with van der Waals surface area (Å²) in [6.07, 6.45) is 3.27. The van der Waals surface area contributed by atoms with Gasteiger partial charge in [0, 0.05) is 43.0 Å². The van der Waals surface area contributed by atoms with E-state index in [-0.39, 0.29) is 11.9 Å². The number of hydrogen-bond acceptors (Lipinski definition) is 8. The van der Waals surface area contributed by atoms with Crippen molar-refractivity contribution in [1.82, 2.24) is 36.2 Å². The van der Waals surface area contributed by atoms with E-state index in [4.69, 9.17) is 5.73 Å². The SMILES string of the molecule is C=C(CN[C@H](C)CC1(c2nn[nH]n2)c2ccc(C(N)=O)cc2-c2cc(C(=O)NC)ccc21)N1CCC=C1C#N. The lowest BCUT2D eigenvalue weighted by atomic mass is 9.72. The smallest absolute Gasteiger partial charge is 0.251 e. The lowest BCUT2D eigenvalue weighted by molar-refractivity contribution is 0.0961.